The Morgan fingerprint density at radius 1 is 1.57 bits per heavy atom. The van der Waals surface area contributed by atoms with Crippen molar-refractivity contribution in [2.75, 3.05) is 19.6 Å². The highest BCUT2D eigenvalue weighted by Crippen LogP contribution is 2.21. The van der Waals surface area contributed by atoms with Crippen LogP contribution in [0.4, 0.5) is 0 Å². The average molecular weight is 220 g/mol. The molecule has 0 spiro atoms. The first-order valence-corrected chi connectivity index (χ1v) is 6.71. The van der Waals surface area contributed by atoms with Gasteiger partial charge in [0.15, 0.2) is 0 Å². The van der Waals surface area contributed by atoms with Crippen LogP contribution in [0, 0.1) is 5.92 Å². The summed E-state index contributed by atoms with van der Waals surface area (Å²) < 4.78 is 25.4. The molecular weight excluding hydrogens is 200 g/mol. The molecule has 0 aromatic rings. The van der Waals surface area contributed by atoms with Gasteiger partial charge in [0.05, 0.1) is 5.25 Å². The van der Waals surface area contributed by atoms with Crippen molar-refractivity contribution in [1.82, 2.24) is 4.31 Å². The molecule has 0 aromatic heterocycles. The van der Waals surface area contributed by atoms with Gasteiger partial charge in [-0.05, 0) is 32.2 Å². The summed E-state index contributed by atoms with van der Waals surface area (Å²) in [5.41, 5.74) is 5.53. The van der Waals surface area contributed by atoms with Crippen LogP contribution in [-0.2, 0) is 10.0 Å². The van der Waals surface area contributed by atoms with E-state index < -0.39 is 10.0 Å². The van der Waals surface area contributed by atoms with Crippen LogP contribution in [0.15, 0.2) is 0 Å². The molecule has 1 heterocycles. The maximum atomic E-state index is 11.9. The summed E-state index contributed by atoms with van der Waals surface area (Å²) >= 11 is 0. The van der Waals surface area contributed by atoms with Crippen LogP contribution in [0.25, 0.3) is 0 Å². The standard InChI is InChI=1S/C9H20N2O2S/c1-3-8(2)14(12,13)11-5-4-9(6-10)7-11/h8-9H,3-7,10H2,1-2H3. The van der Waals surface area contributed by atoms with Crippen molar-refractivity contribution in [1.29, 1.82) is 0 Å². The molecular formula is C9H20N2O2S. The SMILES string of the molecule is CCC(C)S(=O)(=O)N1CCC(CN)C1. The van der Waals surface area contributed by atoms with E-state index in [-0.39, 0.29) is 5.25 Å². The van der Waals surface area contributed by atoms with Crippen molar-refractivity contribution >= 4 is 10.0 Å². The minimum atomic E-state index is -3.05. The number of nitrogens with two attached hydrogens (primary N) is 1. The van der Waals surface area contributed by atoms with E-state index in [2.05, 4.69) is 0 Å². The van der Waals surface area contributed by atoms with Gasteiger partial charge < -0.3 is 5.73 Å². The third-order valence-corrected chi connectivity index (χ3v) is 5.43. The fraction of sp³-hybridized carbons (Fsp3) is 1.00. The van der Waals surface area contributed by atoms with Gasteiger partial charge in [0.1, 0.15) is 0 Å². The Morgan fingerprint density at radius 3 is 2.64 bits per heavy atom. The summed E-state index contributed by atoms with van der Waals surface area (Å²) in [4.78, 5) is 0. The van der Waals surface area contributed by atoms with Crippen LogP contribution in [0.5, 0.6) is 0 Å². The summed E-state index contributed by atoms with van der Waals surface area (Å²) in [7, 11) is -3.05. The first-order valence-electron chi connectivity index (χ1n) is 5.21. The zero-order valence-corrected chi connectivity index (χ0v) is 9.76. The summed E-state index contributed by atoms with van der Waals surface area (Å²) in [5, 5.41) is -0.265. The molecule has 1 aliphatic heterocycles. The molecule has 0 bridgehead atoms. The lowest BCUT2D eigenvalue weighted by molar-refractivity contribution is 0.449. The zero-order chi connectivity index (χ0) is 10.8. The van der Waals surface area contributed by atoms with Gasteiger partial charge in [-0.1, -0.05) is 6.92 Å². The van der Waals surface area contributed by atoms with Crippen LogP contribution < -0.4 is 5.73 Å². The number of sulfonamides is 1. The predicted octanol–water partition coefficient (Wildman–Crippen LogP) is 0.395. The minimum Gasteiger partial charge on any atom is -0.330 e. The Labute approximate surface area is 86.5 Å². The molecule has 0 aromatic carbocycles. The van der Waals surface area contributed by atoms with Gasteiger partial charge in [0.2, 0.25) is 10.0 Å². The first kappa shape index (κ1) is 11.9. The van der Waals surface area contributed by atoms with Crippen LogP contribution in [0.3, 0.4) is 0 Å². The molecule has 84 valence electrons. The number of hydrogen-bond donors (Lipinski definition) is 1. The lowest BCUT2D eigenvalue weighted by atomic mass is 10.1. The highest BCUT2D eigenvalue weighted by molar-refractivity contribution is 7.89. The summed E-state index contributed by atoms with van der Waals surface area (Å²) in [6, 6.07) is 0. The van der Waals surface area contributed by atoms with E-state index in [1.165, 1.54) is 0 Å². The molecule has 0 radical (unpaired) electrons. The number of rotatable bonds is 4. The number of nitrogens with zero attached hydrogens (tertiary/aromatic N) is 1. The fourth-order valence-corrected chi connectivity index (χ4v) is 3.39. The Kier molecular flexibility index (Phi) is 3.92. The second-order valence-electron chi connectivity index (χ2n) is 4.01. The average Bonchev–Trinajstić information content (AvgIpc) is 2.65. The highest BCUT2D eigenvalue weighted by atomic mass is 32.2. The van der Waals surface area contributed by atoms with E-state index in [4.69, 9.17) is 5.73 Å². The van der Waals surface area contributed by atoms with E-state index in [1.807, 2.05) is 6.92 Å². The Bertz CT molecular complexity index is 277. The molecule has 4 nitrogen and oxygen atoms in total. The topological polar surface area (TPSA) is 63.4 Å². The third-order valence-electron chi connectivity index (χ3n) is 3.03. The normalized spacial score (nSPS) is 26.6. The summed E-state index contributed by atoms with van der Waals surface area (Å²) in [6.45, 7) is 5.52. The van der Waals surface area contributed by atoms with E-state index >= 15 is 0 Å². The van der Waals surface area contributed by atoms with E-state index in [1.54, 1.807) is 11.2 Å². The highest BCUT2D eigenvalue weighted by Gasteiger charge is 2.33. The second kappa shape index (κ2) is 4.59. The quantitative estimate of drug-likeness (QED) is 0.745. The van der Waals surface area contributed by atoms with Gasteiger partial charge in [0, 0.05) is 13.1 Å². The maximum absolute atomic E-state index is 11.9. The lowest BCUT2D eigenvalue weighted by Gasteiger charge is -2.20. The van der Waals surface area contributed by atoms with Gasteiger partial charge in [-0.3, -0.25) is 0 Å². The van der Waals surface area contributed by atoms with Gasteiger partial charge in [0.25, 0.3) is 0 Å². The monoisotopic (exact) mass is 220 g/mol. The molecule has 0 amide bonds. The van der Waals surface area contributed by atoms with Crippen LogP contribution in [0.1, 0.15) is 26.7 Å². The summed E-state index contributed by atoms with van der Waals surface area (Å²) in [5.74, 6) is 0.355. The van der Waals surface area contributed by atoms with E-state index in [9.17, 15) is 8.42 Å². The van der Waals surface area contributed by atoms with Gasteiger partial charge in [-0.25, -0.2) is 12.7 Å². The molecule has 2 atom stereocenters. The largest absolute Gasteiger partial charge is 0.330 e. The predicted molar refractivity (Wildman–Crippen MR) is 57.4 cm³/mol. The van der Waals surface area contributed by atoms with E-state index in [0.29, 0.717) is 32.0 Å². The van der Waals surface area contributed by atoms with Crippen molar-refractivity contribution in [2.24, 2.45) is 11.7 Å². The zero-order valence-electron chi connectivity index (χ0n) is 8.94. The van der Waals surface area contributed by atoms with Crippen LogP contribution in [-0.4, -0.2) is 37.6 Å². The second-order valence-corrected chi connectivity index (χ2v) is 6.36. The molecule has 0 saturated carbocycles. The molecule has 1 fully saturated rings. The third kappa shape index (κ3) is 2.27. The van der Waals surface area contributed by atoms with Crippen molar-refractivity contribution < 1.29 is 8.42 Å². The molecule has 1 aliphatic rings. The Balaban J connectivity index is 2.66. The molecule has 2 N–H and O–H groups in total. The van der Waals surface area contributed by atoms with Gasteiger partial charge >= 0.3 is 0 Å². The lowest BCUT2D eigenvalue weighted by Crippen LogP contribution is -2.36. The fourth-order valence-electron chi connectivity index (χ4n) is 1.69. The van der Waals surface area contributed by atoms with Crippen LogP contribution in [0.2, 0.25) is 0 Å². The Morgan fingerprint density at radius 2 is 2.21 bits per heavy atom. The molecule has 0 aliphatic carbocycles. The molecule has 2 unspecified atom stereocenters. The van der Waals surface area contributed by atoms with Crippen molar-refractivity contribution in [3.05, 3.63) is 0 Å². The van der Waals surface area contributed by atoms with Crippen LogP contribution >= 0.6 is 0 Å². The minimum absolute atomic E-state index is 0.265. The molecule has 14 heavy (non-hydrogen) atoms. The van der Waals surface area contributed by atoms with Gasteiger partial charge in [-0.2, -0.15) is 0 Å². The van der Waals surface area contributed by atoms with E-state index in [0.717, 1.165) is 6.42 Å². The first-order chi connectivity index (χ1) is 6.52. The maximum Gasteiger partial charge on any atom is 0.216 e. The van der Waals surface area contributed by atoms with Gasteiger partial charge in [-0.15, -0.1) is 0 Å². The van der Waals surface area contributed by atoms with Crippen molar-refractivity contribution in [2.45, 2.75) is 31.9 Å². The van der Waals surface area contributed by atoms with Crippen molar-refractivity contribution in [3.63, 3.8) is 0 Å². The molecule has 1 rings (SSSR count). The number of hydrogen-bond acceptors (Lipinski definition) is 3. The molecule has 5 heteroatoms. The summed E-state index contributed by atoms with van der Waals surface area (Å²) in [6.07, 6.45) is 1.58. The smallest absolute Gasteiger partial charge is 0.216 e. The molecule has 1 saturated heterocycles. The van der Waals surface area contributed by atoms with Crippen molar-refractivity contribution in [3.8, 4) is 0 Å². The Hall–Kier alpha value is -0.130.